The number of carbonyl (C=O) groups is 1. The number of carbonyl (C=O) groups excluding carboxylic acids is 1. The lowest BCUT2D eigenvalue weighted by molar-refractivity contribution is -0.221. The first kappa shape index (κ1) is 25.2. The van der Waals surface area contributed by atoms with E-state index in [0.717, 1.165) is 11.8 Å². The molecule has 0 radical (unpaired) electrons. The Kier molecular flexibility index (Phi) is 7.44. The monoisotopic (exact) mass is 496 g/mol. The van der Waals surface area contributed by atoms with Crippen molar-refractivity contribution in [1.82, 2.24) is 9.97 Å². The molecule has 2 fully saturated rings. The van der Waals surface area contributed by atoms with Crippen LogP contribution in [0.5, 0.6) is 5.75 Å². The predicted octanol–water partition coefficient (Wildman–Crippen LogP) is 4.12. The quantitative estimate of drug-likeness (QED) is 0.534. The first-order valence-electron chi connectivity index (χ1n) is 11.6. The first-order valence-corrected chi connectivity index (χ1v) is 11.6. The third-order valence-electron chi connectivity index (χ3n) is 6.22. The van der Waals surface area contributed by atoms with E-state index in [2.05, 4.69) is 9.97 Å². The molecule has 11 heteroatoms. The maximum atomic E-state index is 14.6. The number of hydrogen-bond acceptors (Lipinski definition) is 7. The predicted molar refractivity (Wildman–Crippen MR) is 121 cm³/mol. The van der Waals surface area contributed by atoms with E-state index in [1.54, 1.807) is 11.8 Å². The average molecular weight is 497 g/mol. The van der Waals surface area contributed by atoms with Gasteiger partial charge in [-0.1, -0.05) is 19.1 Å². The number of alkyl halides is 3. The van der Waals surface area contributed by atoms with Crippen molar-refractivity contribution >= 4 is 17.5 Å². The Morgan fingerprint density at radius 2 is 1.94 bits per heavy atom. The molecule has 1 aromatic heterocycles. The Morgan fingerprint density at radius 3 is 2.63 bits per heavy atom. The molecule has 0 bridgehead atoms. The van der Waals surface area contributed by atoms with Gasteiger partial charge in [-0.15, -0.1) is 0 Å². The fraction of sp³-hybridized carbons (Fsp3) is 0.542. The number of hydrogen-bond donors (Lipinski definition) is 0. The van der Waals surface area contributed by atoms with Gasteiger partial charge in [0.15, 0.2) is 17.7 Å². The number of ketones is 1. The van der Waals surface area contributed by atoms with Gasteiger partial charge in [-0.25, -0.2) is 9.37 Å². The molecule has 2 aromatic rings. The van der Waals surface area contributed by atoms with Gasteiger partial charge in [0, 0.05) is 25.9 Å². The summed E-state index contributed by atoms with van der Waals surface area (Å²) in [5, 5.41) is 0. The molecule has 3 heterocycles. The van der Waals surface area contributed by atoms with Gasteiger partial charge in [-0.05, 0) is 30.5 Å². The minimum Gasteiger partial charge on any atom is -0.489 e. The van der Waals surface area contributed by atoms with E-state index in [-0.39, 0.29) is 42.7 Å². The van der Waals surface area contributed by atoms with Crippen LogP contribution in [0.2, 0.25) is 0 Å². The molecule has 0 amide bonds. The Morgan fingerprint density at radius 1 is 1.20 bits per heavy atom. The van der Waals surface area contributed by atoms with E-state index in [1.807, 2.05) is 31.2 Å². The van der Waals surface area contributed by atoms with Crippen LogP contribution in [-0.2, 0) is 9.53 Å². The van der Waals surface area contributed by atoms with Crippen molar-refractivity contribution in [2.24, 2.45) is 0 Å². The maximum Gasteiger partial charge on any atom is 0.416 e. The summed E-state index contributed by atoms with van der Waals surface area (Å²) in [5.74, 6) is 0.377. The van der Waals surface area contributed by atoms with Gasteiger partial charge in [0.25, 0.3) is 0 Å². The normalized spacial score (nSPS) is 21.8. The lowest BCUT2D eigenvalue weighted by atomic mass is 9.96. The van der Waals surface area contributed by atoms with E-state index >= 15 is 0 Å². The second-order valence-corrected chi connectivity index (χ2v) is 9.04. The van der Waals surface area contributed by atoms with Gasteiger partial charge in [-0.3, -0.25) is 0 Å². The highest BCUT2D eigenvalue weighted by molar-refractivity contribution is 5.76. The van der Waals surface area contributed by atoms with Crippen molar-refractivity contribution in [3.8, 4) is 5.75 Å². The second kappa shape index (κ2) is 10.3. The summed E-state index contributed by atoms with van der Waals surface area (Å²) in [6.07, 6.45) is -4.53. The number of rotatable bonds is 7. The molecule has 0 saturated carbocycles. The van der Waals surface area contributed by atoms with Crippen molar-refractivity contribution in [3.05, 3.63) is 41.8 Å². The molecule has 2 saturated heterocycles. The molecule has 190 valence electrons. The van der Waals surface area contributed by atoms with Crippen LogP contribution in [0.15, 0.2) is 30.5 Å². The van der Waals surface area contributed by atoms with Crippen LogP contribution in [0.4, 0.5) is 29.3 Å². The lowest BCUT2D eigenvalue weighted by Gasteiger charge is -2.34. The molecule has 2 aliphatic heterocycles. The lowest BCUT2D eigenvalue weighted by Crippen LogP contribution is -2.49. The van der Waals surface area contributed by atoms with Crippen molar-refractivity contribution in [2.75, 3.05) is 42.6 Å². The fourth-order valence-corrected chi connectivity index (χ4v) is 4.39. The highest BCUT2D eigenvalue weighted by Crippen LogP contribution is 2.30. The number of nitrogens with zero attached hydrogens (tertiary/aromatic N) is 4. The standard InChI is InChI=1S/C24H28F4N4O3/c1-15(11-16(2)33)17-3-5-18(6-4-17)35-19-7-8-31(13-19)22-20(25)12-29-23(30-22)32-9-10-34-21(14-32)24(26,27)28/h3-6,12,15,19,21H,7-11,13-14H2,1-2H3/t15-,19-,21?/m1/s1. The SMILES string of the molecule is CC(=O)C[C@@H](C)c1ccc(O[C@@H]2CCN(c3nc(N4CCOC(C(F)(F)F)C4)ncc3F)C2)cc1. The number of ether oxygens (including phenoxy) is 2. The molecular weight excluding hydrogens is 468 g/mol. The van der Waals surface area contributed by atoms with Crippen LogP contribution >= 0.6 is 0 Å². The van der Waals surface area contributed by atoms with Gasteiger partial charge < -0.3 is 24.1 Å². The van der Waals surface area contributed by atoms with E-state index in [4.69, 9.17) is 9.47 Å². The summed E-state index contributed by atoms with van der Waals surface area (Å²) in [6.45, 7) is 4.06. The molecular formula is C24H28F4N4O3. The molecule has 7 nitrogen and oxygen atoms in total. The molecule has 0 aliphatic carbocycles. The molecule has 0 spiro atoms. The number of Topliss-reactive ketones (excluding diaryl/α,β-unsaturated/α-hetero) is 1. The Bertz CT molecular complexity index is 1030. The Balaban J connectivity index is 1.39. The summed E-state index contributed by atoms with van der Waals surface area (Å²) >= 11 is 0. The largest absolute Gasteiger partial charge is 0.489 e. The molecule has 4 rings (SSSR count). The Labute approximate surface area is 201 Å². The minimum atomic E-state index is -4.50. The summed E-state index contributed by atoms with van der Waals surface area (Å²) in [4.78, 5) is 22.6. The highest BCUT2D eigenvalue weighted by Gasteiger charge is 2.44. The number of halogens is 4. The number of anilines is 2. The fourth-order valence-electron chi connectivity index (χ4n) is 4.39. The smallest absolute Gasteiger partial charge is 0.416 e. The third kappa shape index (κ3) is 6.19. The van der Waals surface area contributed by atoms with Crippen LogP contribution in [0, 0.1) is 5.82 Å². The zero-order chi connectivity index (χ0) is 25.2. The van der Waals surface area contributed by atoms with Gasteiger partial charge in [0.05, 0.1) is 25.9 Å². The van der Waals surface area contributed by atoms with Crippen LogP contribution in [0.3, 0.4) is 0 Å². The van der Waals surface area contributed by atoms with Gasteiger partial charge >= 0.3 is 6.18 Å². The van der Waals surface area contributed by atoms with Crippen LogP contribution in [-0.4, -0.2) is 66.9 Å². The van der Waals surface area contributed by atoms with Crippen molar-refractivity contribution in [3.63, 3.8) is 0 Å². The minimum absolute atomic E-state index is 0.0404. The number of morpholine rings is 1. The number of benzene rings is 1. The van der Waals surface area contributed by atoms with Gasteiger partial charge in [0.2, 0.25) is 5.95 Å². The van der Waals surface area contributed by atoms with Crippen LogP contribution < -0.4 is 14.5 Å². The maximum absolute atomic E-state index is 14.6. The molecule has 1 unspecified atom stereocenters. The molecule has 2 aliphatic rings. The summed E-state index contributed by atoms with van der Waals surface area (Å²) in [6, 6.07) is 7.58. The Hall–Kier alpha value is -2.95. The van der Waals surface area contributed by atoms with Crippen molar-refractivity contribution < 1.29 is 31.8 Å². The van der Waals surface area contributed by atoms with E-state index < -0.39 is 24.6 Å². The molecule has 0 N–H and O–H groups in total. The van der Waals surface area contributed by atoms with Crippen LogP contribution in [0.25, 0.3) is 0 Å². The summed E-state index contributed by atoms with van der Waals surface area (Å²) in [7, 11) is 0. The zero-order valence-corrected chi connectivity index (χ0v) is 19.6. The van der Waals surface area contributed by atoms with E-state index in [0.29, 0.717) is 31.7 Å². The van der Waals surface area contributed by atoms with Crippen molar-refractivity contribution in [2.45, 2.75) is 51.0 Å². The van der Waals surface area contributed by atoms with Crippen molar-refractivity contribution in [1.29, 1.82) is 0 Å². The third-order valence-corrected chi connectivity index (χ3v) is 6.22. The van der Waals surface area contributed by atoms with Gasteiger partial charge in [-0.2, -0.15) is 18.2 Å². The second-order valence-electron chi connectivity index (χ2n) is 9.04. The molecule has 3 atom stereocenters. The highest BCUT2D eigenvalue weighted by atomic mass is 19.4. The van der Waals surface area contributed by atoms with Crippen LogP contribution in [0.1, 0.15) is 38.2 Å². The summed E-state index contributed by atoms with van der Waals surface area (Å²) < 4.78 is 64.6. The van der Waals surface area contributed by atoms with E-state index in [9.17, 15) is 22.4 Å². The number of aromatic nitrogens is 2. The topological polar surface area (TPSA) is 67.8 Å². The first-order chi connectivity index (χ1) is 16.6. The molecule has 35 heavy (non-hydrogen) atoms. The van der Waals surface area contributed by atoms with E-state index in [1.165, 1.54) is 4.90 Å². The average Bonchev–Trinajstić information content (AvgIpc) is 3.27. The zero-order valence-electron chi connectivity index (χ0n) is 19.6. The molecule has 1 aromatic carbocycles. The van der Waals surface area contributed by atoms with Gasteiger partial charge in [0.1, 0.15) is 17.6 Å². The summed E-state index contributed by atoms with van der Waals surface area (Å²) in [5.41, 5.74) is 1.05.